The summed E-state index contributed by atoms with van der Waals surface area (Å²) in [6.07, 6.45) is 0.259. The van der Waals surface area contributed by atoms with Gasteiger partial charge in [-0.1, -0.05) is 26.0 Å². The first kappa shape index (κ1) is 19.7. The number of anilines is 1. The van der Waals surface area contributed by atoms with E-state index in [1.54, 1.807) is 23.6 Å². The van der Waals surface area contributed by atoms with E-state index < -0.39 is 18.1 Å². The smallest absolute Gasteiger partial charge is 0.330 e. The van der Waals surface area contributed by atoms with Crippen molar-refractivity contribution in [3.05, 3.63) is 29.8 Å². The number of ether oxygens (including phenoxy) is 1. The Morgan fingerprint density at radius 2 is 1.93 bits per heavy atom. The zero-order chi connectivity index (χ0) is 19.8. The molecule has 6 nitrogen and oxygen atoms in total. The molecule has 0 radical (unpaired) electrons. The maximum Gasteiger partial charge on any atom is 0.330 e. The van der Waals surface area contributed by atoms with Crippen LogP contribution in [0.4, 0.5) is 5.69 Å². The van der Waals surface area contributed by atoms with Crippen LogP contribution in [0.2, 0.25) is 0 Å². The third-order valence-electron chi connectivity index (χ3n) is 5.22. The molecule has 7 heteroatoms. The number of carbonyl (C=O) groups excluding carboxylic acids is 3. The van der Waals surface area contributed by atoms with E-state index in [0.29, 0.717) is 23.8 Å². The first-order valence-corrected chi connectivity index (χ1v) is 10.3. The molecule has 1 aromatic carbocycles. The summed E-state index contributed by atoms with van der Waals surface area (Å²) in [5.74, 6) is -0.00251. The van der Waals surface area contributed by atoms with E-state index in [4.69, 9.17) is 4.74 Å². The molecule has 3 rings (SSSR count). The minimum absolute atomic E-state index is 0.0215. The number of nitrogens with one attached hydrogen (secondary N) is 1. The number of thioether (sulfide) groups is 1. The van der Waals surface area contributed by atoms with E-state index in [2.05, 4.69) is 19.2 Å². The Morgan fingerprint density at radius 1 is 1.26 bits per heavy atom. The van der Waals surface area contributed by atoms with Gasteiger partial charge in [0.15, 0.2) is 6.10 Å². The van der Waals surface area contributed by atoms with Crippen molar-refractivity contribution in [3.8, 4) is 0 Å². The van der Waals surface area contributed by atoms with E-state index in [1.165, 1.54) is 5.56 Å². The van der Waals surface area contributed by atoms with Crippen LogP contribution in [-0.4, -0.2) is 45.5 Å². The monoisotopic (exact) mass is 390 g/mol. The van der Waals surface area contributed by atoms with Crippen LogP contribution in [0.15, 0.2) is 24.3 Å². The van der Waals surface area contributed by atoms with Crippen molar-refractivity contribution in [1.29, 1.82) is 0 Å². The molecule has 0 unspecified atom stereocenters. The highest BCUT2D eigenvalue weighted by Gasteiger charge is 2.53. The van der Waals surface area contributed by atoms with Gasteiger partial charge in [-0.05, 0) is 43.9 Å². The zero-order valence-corrected chi connectivity index (χ0v) is 17.0. The standard InChI is InChI=1S/C20H26N2O4S/c1-12(2)14-5-7-15(8-6-14)21-18(24)13(3)26-19(25)16-11-27-20(4)10-9-17(23)22(16)20/h5-8,12-13,16H,9-11H2,1-4H3,(H,21,24)/t13-,16-,20-/m0/s1. The fourth-order valence-electron chi connectivity index (χ4n) is 3.50. The topological polar surface area (TPSA) is 75.7 Å². The number of hydrogen-bond acceptors (Lipinski definition) is 5. The Kier molecular flexibility index (Phi) is 5.51. The Labute approximate surface area is 164 Å². The Hall–Kier alpha value is -2.02. The molecule has 2 heterocycles. The van der Waals surface area contributed by atoms with Gasteiger partial charge in [0, 0.05) is 17.9 Å². The van der Waals surface area contributed by atoms with E-state index in [-0.39, 0.29) is 16.7 Å². The zero-order valence-electron chi connectivity index (χ0n) is 16.2. The highest BCUT2D eigenvalue weighted by molar-refractivity contribution is 8.01. The second-order valence-corrected chi connectivity index (χ2v) is 9.11. The number of rotatable bonds is 5. The number of benzene rings is 1. The van der Waals surface area contributed by atoms with Gasteiger partial charge in [0.25, 0.3) is 5.91 Å². The average Bonchev–Trinajstić information content (AvgIpc) is 3.11. The third-order valence-corrected chi connectivity index (χ3v) is 6.73. The Morgan fingerprint density at radius 3 is 2.56 bits per heavy atom. The lowest BCUT2D eigenvalue weighted by Gasteiger charge is -2.29. The Balaban J connectivity index is 1.58. The summed E-state index contributed by atoms with van der Waals surface area (Å²) in [4.78, 5) is 38.4. The minimum atomic E-state index is -0.933. The number of nitrogens with zero attached hydrogens (tertiary/aromatic N) is 1. The average molecular weight is 391 g/mol. The van der Waals surface area contributed by atoms with Crippen LogP contribution in [0.25, 0.3) is 0 Å². The summed E-state index contributed by atoms with van der Waals surface area (Å²) < 4.78 is 5.37. The third kappa shape index (κ3) is 3.98. The van der Waals surface area contributed by atoms with Crippen molar-refractivity contribution in [3.63, 3.8) is 0 Å². The van der Waals surface area contributed by atoms with Gasteiger partial charge in [0.1, 0.15) is 6.04 Å². The summed E-state index contributed by atoms with van der Waals surface area (Å²) in [6, 6.07) is 6.99. The van der Waals surface area contributed by atoms with Crippen LogP contribution in [0.1, 0.15) is 52.0 Å². The molecule has 0 spiro atoms. The molecule has 3 atom stereocenters. The summed E-state index contributed by atoms with van der Waals surface area (Å²) in [6.45, 7) is 7.73. The number of carbonyl (C=O) groups is 3. The molecule has 0 bridgehead atoms. The molecule has 2 fully saturated rings. The number of esters is 1. The predicted molar refractivity (Wildman–Crippen MR) is 105 cm³/mol. The number of hydrogen-bond donors (Lipinski definition) is 1. The molecule has 27 heavy (non-hydrogen) atoms. The molecule has 0 aromatic heterocycles. The van der Waals surface area contributed by atoms with Gasteiger partial charge < -0.3 is 15.0 Å². The molecule has 146 valence electrons. The number of fused-ring (bicyclic) bond motifs is 1. The van der Waals surface area contributed by atoms with Crippen molar-refractivity contribution in [2.45, 2.75) is 63.5 Å². The Bertz CT molecular complexity index is 749. The highest BCUT2D eigenvalue weighted by Crippen LogP contribution is 2.47. The molecular weight excluding hydrogens is 364 g/mol. The van der Waals surface area contributed by atoms with E-state index >= 15 is 0 Å². The number of amides is 2. The van der Waals surface area contributed by atoms with Crippen molar-refractivity contribution < 1.29 is 19.1 Å². The summed E-state index contributed by atoms with van der Waals surface area (Å²) >= 11 is 1.60. The largest absolute Gasteiger partial charge is 0.451 e. The van der Waals surface area contributed by atoms with Crippen LogP contribution in [0.5, 0.6) is 0 Å². The second kappa shape index (κ2) is 7.54. The second-order valence-electron chi connectivity index (χ2n) is 7.61. The molecule has 0 aliphatic carbocycles. The first-order valence-electron chi connectivity index (χ1n) is 9.29. The van der Waals surface area contributed by atoms with Crippen LogP contribution in [0, 0.1) is 0 Å². The lowest BCUT2D eigenvalue weighted by atomic mass is 10.0. The highest BCUT2D eigenvalue weighted by atomic mass is 32.2. The van der Waals surface area contributed by atoms with Crippen molar-refractivity contribution in [2.24, 2.45) is 0 Å². The molecule has 2 aliphatic rings. The van der Waals surface area contributed by atoms with E-state index in [1.807, 2.05) is 31.2 Å². The summed E-state index contributed by atoms with van der Waals surface area (Å²) in [5.41, 5.74) is 1.84. The summed E-state index contributed by atoms with van der Waals surface area (Å²) in [7, 11) is 0. The lowest BCUT2D eigenvalue weighted by molar-refractivity contribution is -0.160. The summed E-state index contributed by atoms with van der Waals surface area (Å²) in [5, 5.41) is 2.76. The SMILES string of the molecule is CC(C)c1ccc(NC(=O)[C@H](C)OC(=O)[C@@H]2CS[C@@]3(C)CCC(=O)N23)cc1. The van der Waals surface area contributed by atoms with E-state index in [9.17, 15) is 14.4 Å². The van der Waals surface area contributed by atoms with Gasteiger partial charge in [-0.15, -0.1) is 11.8 Å². The molecular formula is C20H26N2O4S. The quantitative estimate of drug-likeness (QED) is 0.782. The van der Waals surface area contributed by atoms with Crippen molar-refractivity contribution in [1.82, 2.24) is 4.90 Å². The van der Waals surface area contributed by atoms with Gasteiger partial charge in [-0.25, -0.2) is 4.79 Å². The van der Waals surface area contributed by atoms with Crippen LogP contribution < -0.4 is 5.32 Å². The van der Waals surface area contributed by atoms with Gasteiger partial charge in [0.05, 0.1) is 4.87 Å². The fraction of sp³-hybridized carbons (Fsp3) is 0.550. The predicted octanol–water partition coefficient (Wildman–Crippen LogP) is 3.13. The molecule has 2 amide bonds. The molecule has 1 N–H and O–H groups in total. The van der Waals surface area contributed by atoms with Gasteiger partial charge in [-0.2, -0.15) is 0 Å². The van der Waals surface area contributed by atoms with Gasteiger partial charge in [-0.3, -0.25) is 9.59 Å². The minimum Gasteiger partial charge on any atom is -0.451 e. The van der Waals surface area contributed by atoms with E-state index in [0.717, 1.165) is 6.42 Å². The first-order chi connectivity index (χ1) is 12.7. The van der Waals surface area contributed by atoms with Crippen molar-refractivity contribution in [2.75, 3.05) is 11.1 Å². The fourth-order valence-corrected chi connectivity index (χ4v) is 4.91. The van der Waals surface area contributed by atoms with Gasteiger partial charge >= 0.3 is 5.97 Å². The van der Waals surface area contributed by atoms with Crippen molar-refractivity contribution >= 4 is 35.2 Å². The van der Waals surface area contributed by atoms with Gasteiger partial charge in [0.2, 0.25) is 5.91 Å². The normalized spacial score (nSPS) is 25.4. The molecule has 1 aromatic rings. The molecule has 0 saturated carbocycles. The van der Waals surface area contributed by atoms with Crippen LogP contribution in [-0.2, 0) is 19.1 Å². The van der Waals surface area contributed by atoms with Crippen LogP contribution in [0.3, 0.4) is 0 Å². The molecule has 2 saturated heterocycles. The maximum atomic E-state index is 12.6. The molecule has 2 aliphatic heterocycles. The maximum absolute atomic E-state index is 12.6. The lowest BCUT2D eigenvalue weighted by Crippen LogP contribution is -2.48. The van der Waals surface area contributed by atoms with Crippen LogP contribution >= 0.6 is 11.8 Å².